The highest BCUT2D eigenvalue weighted by Gasteiger charge is 2.13. The fourth-order valence-corrected chi connectivity index (χ4v) is 4.20. The van der Waals surface area contributed by atoms with Gasteiger partial charge < -0.3 is 0 Å². The van der Waals surface area contributed by atoms with E-state index in [0.717, 1.165) is 45.2 Å². The Morgan fingerprint density at radius 3 is 1.55 bits per heavy atom. The summed E-state index contributed by atoms with van der Waals surface area (Å²) in [6.07, 6.45) is 5.22. The third-order valence-corrected chi connectivity index (χ3v) is 5.97. The summed E-state index contributed by atoms with van der Waals surface area (Å²) in [5.41, 5.74) is 0. The molecule has 0 saturated carbocycles. The van der Waals surface area contributed by atoms with Crippen LogP contribution in [0.2, 0.25) is 0 Å². The Labute approximate surface area is 140 Å². The number of rotatable bonds is 9. The first-order valence-electron chi connectivity index (χ1n) is 7.92. The summed E-state index contributed by atoms with van der Waals surface area (Å²) in [5.74, 6) is 0.461. The van der Waals surface area contributed by atoms with E-state index in [1.54, 1.807) is 0 Å². The van der Waals surface area contributed by atoms with Crippen LogP contribution < -0.4 is 0 Å². The topological polar surface area (TPSA) is 34.1 Å². The minimum Gasteiger partial charge on any atom is -0.293 e. The molecule has 0 aliphatic carbocycles. The molecule has 2 rings (SSSR count). The third-order valence-electron chi connectivity index (χ3n) is 3.52. The molecule has 0 atom stereocenters. The molecule has 0 aromatic carbocycles. The average molecular weight is 335 g/mol. The predicted octanol–water partition coefficient (Wildman–Crippen LogP) is 6.22. The molecule has 0 N–H and O–H groups in total. The number of hydrogen-bond acceptors (Lipinski definition) is 4. The Hall–Kier alpha value is -1.26. The van der Waals surface area contributed by atoms with Crippen LogP contribution in [0.1, 0.15) is 71.7 Å². The molecule has 2 heterocycles. The maximum atomic E-state index is 12.0. The van der Waals surface area contributed by atoms with E-state index in [1.807, 2.05) is 24.3 Å². The van der Waals surface area contributed by atoms with E-state index in [-0.39, 0.29) is 11.6 Å². The molecule has 0 saturated heterocycles. The van der Waals surface area contributed by atoms with Crippen LogP contribution in [-0.2, 0) is 0 Å². The molecular weight excluding hydrogens is 312 g/mol. The van der Waals surface area contributed by atoms with Gasteiger partial charge in [-0.25, -0.2) is 0 Å². The normalized spacial score (nSPS) is 10.8. The van der Waals surface area contributed by atoms with Crippen LogP contribution in [0.15, 0.2) is 24.3 Å². The van der Waals surface area contributed by atoms with Gasteiger partial charge in [0.15, 0.2) is 11.6 Å². The Balaban J connectivity index is 2.06. The van der Waals surface area contributed by atoms with E-state index >= 15 is 0 Å². The van der Waals surface area contributed by atoms with Gasteiger partial charge in [-0.15, -0.1) is 22.7 Å². The van der Waals surface area contributed by atoms with Crippen molar-refractivity contribution in [2.24, 2.45) is 0 Å². The lowest BCUT2D eigenvalue weighted by molar-refractivity contribution is 0.0975. The zero-order chi connectivity index (χ0) is 15.9. The van der Waals surface area contributed by atoms with Gasteiger partial charge in [0.2, 0.25) is 0 Å². The fourth-order valence-electron chi connectivity index (χ4n) is 2.16. The summed E-state index contributed by atoms with van der Waals surface area (Å²) in [6.45, 7) is 4.19. The number of unbranched alkanes of at least 4 members (excludes halogenated alkanes) is 2. The average Bonchev–Trinajstić information content (AvgIpc) is 3.18. The summed E-state index contributed by atoms with van der Waals surface area (Å²) in [7, 11) is 0. The first-order chi connectivity index (χ1) is 10.7. The van der Waals surface area contributed by atoms with Gasteiger partial charge in [-0.2, -0.15) is 0 Å². The van der Waals surface area contributed by atoms with E-state index in [1.165, 1.54) is 22.7 Å². The molecule has 0 spiro atoms. The van der Waals surface area contributed by atoms with Crippen molar-refractivity contribution in [2.45, 2.75) is 52.4 Å². The van der Waals surface area contributed by atoms with E-state index < -0.39 is 0 Å². The van der Waals surface area contributed by atoms with Gasteiger partial charge >= 0.3 is 0 Å². The molecule has 0 aliphatic rings. The van der Waals surface area contributed by atoms with Gasteiger partial charge in [0, 0.05) is 22.6 Å². The quantitative estimate of drug-likeness (QED) is 0.510. The molecule has 2 aromatic heterocycles. The highest BCUT2D eigenvalue weighted by Crippen LogP contribution is 2.34. The summed E-state index contributed by atoms with van der Waals surface area (Å²) in [5, 5.41) is 0. The molecule has 0 aliphatic heterocycles. The third kappa shape index (κ3) is 4.37. The van der Waals surface area contributed by atoms with E-state index in [4.69, 9.17) is 0 Å². The van der Waals surface area contributed by atoms with Crippen molar-refractivity contribution in [2.75, 3.05) is 0 Å². The van der Waals surface area contributed by atoms with Crippen molar-refractivity contribution >= 4 is 34.2 Å². The van der Waals surface area contributed by atoms with Crippen molar-refractivity contribution < 1.29 is 9.59 Å². The monoisotopic (exact) mass is 334 g/mol. The van der Waals surface area contributed by atoms with E-state index in [2.05, 4.69) is 13.8 Å². The van der Waals surface area contributed by atoms with Crippen LogP contribution in [0, 0.1) is 0 Å². The molecule has 118 valence electrons. The lowest BCUT2D eigenvalue weighted by atomic mass is 10.1. The molecule has 0 radical (unpaired) electrons. The second kappa shape index (κ2) is 8.39. The first kappa shape index (κ1) is 17.1. The molecule has 22 heavy (non-hydrogen) atoms. The fraction of sp³-hybridized carbons (Fsp3) is 0.444. The zero-order valence-electron chi connectivity index (χ0n) is 13.2. The second-order valence-corrected chi connectivity index (χ2v) is 7.55. The van der Waals surface area contributed by atoms with Crippen molar-refractivity contribution in [3.63, 3.8) is 0 Å². The molecule has 0 fully saturated rings. The molecule has 0 amide bonds. The van der Waals surface area contributed by atoms with Crippen molar-refractivity contribution in [1.29, 1.82) is 0 Å². The second-order valence-electron chi connectivity index (χ2n) is 5.38. The standard InChI is InChI=1S/C18H22O2S2/c1-3-5-7-13(19)15-9-11-17(21-15)18-12-10-16(22-18)14(20)8-6-4-2/h9-12H,3-8H2,1-2H3. The Bertz CT molecular complexity index is 581. The van der Waals surface area contributed by atoms with Gasteiger partial charge in [0.1, 0.15) is 0 Å². The van der Waals surface area contributed by atoms with Crippen LogP contribution in [0.5, 0.6) is 0 Å². The van der Waals surface area contributed by atoms with Crippen molar-refractivity contribution in [1.82, 2.24) is 0 Å². The SMILES string of the molecule is CCCCC(=O)c1ccc(-c2ccc(C(=O)CCCC)s2)s1. The van der Waals surface area contributed by atoms with Gasteiger partial charge in [-0.3, -0.25) is 9.59 Å². The molecule has 0 bridgehead atoms. The summed E-state index contributed by atoms with van der Waals surface area (Å²) >= 11 is 3.07. The number of ketones is 2. The van der Waals surface area contributed by atoms with E-state index in [0.29, 0.717) is 12.8 Å². The number of hydrogen-bond donors (Lipinski definition) is 0. The molecular formula is C18H22O2S2. The zero-order valence-corrected chi connectivity index (χ0v) is 14.8. The summed E-state index contributed by atoms with van der Waals surface area (Å²) in [4.78, 5) is 27.9. The highest BCUT2D eigenvalue weighted by atomic mass is 32.1. The molecule has 4 heteroatoms. The number of carbonyl (C=O) groups is 2. The van der Waals surface area contributed by atoms with Crippen LogP contribution in [0.4, 0.5) is 0 Å². The minimum atomic E-state index is 0.230. The lowest BCUT2D eigenvalue weighted by Gasteiger charge is -1.95. The van der Waals surface area contributed by atoms with Crippen LogP contribution in [0.3, 0.4) is 0 Å². The highest BCUT2D eigenvalue weighted by molar-refractivity contribution is 7.23. The molecule has 0 unspecified atom stereocenters. The largest absolute Gasteiger partial charge is 0.293 e. The lowest BCUT2D eigenvalue weighted by Crippen LogP contribution is -1.94. The summed E-state index contributed by atoms with van der Waals surface area (Å²) in [6, 6.07) is 7.82. The van der Waals surface area contributed by atoms with Crippen LogP contribution in [0.25, 0.3) is 9.75 Å². The minimum absolute atomic E-state index is 0.230. The Morgan fingerprint density at radius 1 is 0.773 bits per heavy atom. The number of thiophene rings is 2. The first-order valence-corrected chi connectivity index (χ1v) is 9.55. The van der Waals surface area contributed by atoms with Crippen LogP contribution in [-0.4, -0.2) is 11.6 Å². The maximum absolute atomic E-state index is 12.0. The van der Waals surface area contributed by atoms with Crippen molar-refractivity contribution in [3.05, 3.63) is 34.0 Å². The van der Waals surface area contributed by atoms with Crippen molar-refractivity contribution in [3.8, 4) is 9.75 Å². The molecule has 2 nitrogen and oxygen atoms in total. The van der Waals surface area contributed by atoms with Gasteiger partial charge in [-0.1, -0.05) is 26.7 Å². The summed E-state index contributed by atoms with van der Waals surface area (Å²) < 4.78 is 0. The number of Topliss-reactive ketones (excluding diaryl/α,β-unsaturated/α-hetero) is 2. The van der Waals surface area contributed by atoms with E-state index in [9.17, 15) is 9.59 Å². The maximum Gasteiger partial charge on any atom is 0.172 e. The van der Waals surface area contributed by atoms with Crippen LogP contribution >= 0.6 is 22.7 Å². The van der Waals surface area contributed by atoms with Gasteiger partial charge in [0.05, 0.1) is 9.75 Å². The van der Waals surface area contributed by atoms with Gasteiger partial charge in [-0.05, 0) is 37.1 Å². The Kier molecular flexibility index (Phi) is 6.52. The Morgan fingerprint density at radius 2 is 1.18 bits per heavy atom. The number of carbonyl (C=O) groups excluding carboxylic acids is 2. The predicted molar refractivity (Wildman–Crippen MR) is 95.3 cm³/mol. The molecule has 2 aromatic rings. The van der Waals surface area contributed by atoms with Gasteiger partial charge in [0.25, 0.3) is 0 Å². The smallest absolute Gasteiger partial charge is 0.172 e.